The lowest BCUT2D eigenvalue weighted by atomic mass is 9.83. The van der Waals surface area contributed by atoms with E-state index in [1.54, 1.807) is 0 Å². The predicted molar refractivity (Wildman–Crippen MR) is 86.8 cm³/mol. The average molecular weight is 261 g/mol. The molecule has 1 heterocycles. The summed E-state index contributed by atoms with van der Waals surface area (Å²) >= 11 is 0. The normalized spacial score (nSPS) is 12.3. The highest BCUT2D eigenvalue weighted by molar-refractivity contribution is 5.84. The first kappa shape index (κ1) is 12.7. The number of nitrogens with one attached hydrogen (secondary N) is 1. The van der Waals surface area contributed by atoms with E-state index in [2.05, 4.69) is 85.7 Å². The predicted octanol–water partition coefficient (Wildman–Crippen LogP) is 5.16. The van der Waals surface area contributed by atoms with Crippen molar-refractivity contribution in [1.29, 1.82) is 0 Å². The van der Waals surface area contributed by atoms with Crippen molar-refractivity contribution in [1.82, 2.24) is 4.98 Å². The van der Waals surface area contributed by atoms with Crippen molar-refractivity contribution in [3.63, 3.8) is 0 Å². The molecule has 100 valence electrons. The molecule has 1 N–H and O–H groups in total. The molecule has 0 atom stereocenters. The maximum absolute atomic E-state index is 3.36. The standard InChI is InChI=1S/C19H19N/c1-19(2,13-12-15-8-4-3-5-9-15)17-14-20-18-11-7-6-10-16(17)18/h3-14,20H,1-2H3/b13-12+. The van der Waals surface area contributed by atoms with Gasteiger partial charge in [-0.25, -0.2) is 0 Å². The largest absolute Gasteiger partial charge is 0.361 e. The Kier molecular flexibility index (Phi) is 3.19. The molecule has 0 aliphatic rings. The maximum atomic E-state index is 3.36. The Hall–Kier alpha value is -2.28. The summed E-state index contributed by atoms with van der Waals surface area (Å²) in [6.07, 6.45) is 6.60. The summed E-state index contributed by atoms with van der Waals surface area (Å²) in [4.78, 5) is 3.36. The monoisotopic (exact) mass is 261 g/mol. The van der Waals surface area contributed by atoms with Crippen LogP contribution in [0.5, 0.6) is 0 Å². The van der Waals surface area contributed by atoms with Crippen LogP contribution in [0.15, 0.2) is 66.9 Å². The molecular formula is C19H19N. The minimum Gasteiger partial charge on any atom is -0.361 e. The van der Waals surface area contributed by atoms with Gasteiger partial charge in [0.25, 0.3) is 0 Å². The lowest BCUT2D eigenvalue weighted by molar-refractivity contribution is 0.680. The van der Waals surface area contributed by atoms with Crippen molar-refractivity contribution in [2.75, 3.05) is 0 Å². The number of fused-ring (bicyclic) bond motifs is 1. The second-order valence-electron chi connectivity index (χ2n) is 5.71. The van der Waals surface area contributed by atoms with Gasteiger partial charge in [0, 0.05) is 22.5 Å². The van der Waals surface area contributed by atoms with Gasteiger partial charge < -0.3 is 4.98 Å². The Morgan fingerprint density at radius 2 is 1.60 bits per heavy atom. The van der Waals surface area contributed by atoms with Gasteiger partial charge in [-0.15, -0.1) is 0 Å². The summed E-state index contributed by atoms with van der Waals surface area (Å²) in [6, 6.07) is 18.9. The van der Waals surface area contributed by atoms with Gasteiger partial charge in [0.1, 0.15) is 0 Å². The summed E-state index contributed by atoms with van der Waals surface area (Å²) in [5, 5.41) is 1.30. The summed E-state index contributed by atoms with van der Waals surface area (Å²) in [7, 11) is 0. The van der Waals surface area contributed by atoms with E-state index in [4.69, 9.17) is 0 Å². The van der Waals surface area contributed by atoms with Gasteiger partial charge in [0.05, 0.1) is 0 Å². The van der Waals surface area contributed by atoms with Crippen molar-refractivity contribution in [3.8, 4) is 0 Å². The van der Waals surface area contributed by atoms with Crippen LogP contribution in [0.2, 0.25) is 0 Å². The van der Waals surface area contributed by atoms with E-state index in [0.717, 1.165) is 0 Å². The first-order chi connectivity index (χ1) is 9.67. The van der Waals surface area contributed by atoms with Gasteiger partial charge >= 0.3 is 0 Å². The van der Waals surface area contributed by atoms with Gasteiger partial charge in [-0.2, -0.15) is 0 Å². The van der Waals surface area contributed by atoms with Gasteiger partial charge in [0.15, 0.2) is 0 Å². The molecule has 20 heavy (non-hydrogen) atoms. The summed E-state index contributed by atoms with van der Waals surface area (Å²) in [5.74, 6) is 0. The fraction of sp³-hybridized carbons (Fsp3) is 0.158. The van der Waals surface area contributed by atoms with E-state index < -0.39 is 0 Å². The molecular weight excluding hydrogens is 242 g/mol. The summed E-state index contributed by atoms with van der Waals surface area (Å²) in [6.45, 7) is 4.50. The van der Waals surface area contributed by atoms with Crippen molar-refractivity contribution in [3.05, 3.63) is 78.0 Å². The first-order valence-electron chi connectivity index (χ1n) is 6.98. The molecule has 0 fully saturated rings. The fourth-order valence-corrected chi connectivity index (χ4v) is 2.56. The average Bonchev–Trinajstić information content (AvgIpc) is 2.91. The van der Waals surface area contributed by atoms with Gasteiger partial charge in [0.2, 0.25) is 0 Å². The van der Waals surface area contributed by atoms with Crippen LogP contribution < -0.4 is 0 Å². The van der Waals surface area contributed by atoms with Gasteiger partial charge in [-0.3, -0.25) is 0 Å². The van der Waals surface area contributed by atoms with Crippen molar-refractivity contribution in [2.45, 2.75) is 19.3 Å². The summed E-state index contributed by atoms with van der Waals surface area (Å²) in [5.41, 5.74) is 3.76. The number of para-hydroxylation sites is 1. The zero-order valence-electron chi connectivity index (χ0n) is 11.9. The van der Waals surface area contributed by atoms with Gasteiger partial charge in [-0.1, -0.05) is 74.5 Å². The van der Waals surface area contributed by atoms with Crippen molar-refractivity contribution >= 4 is 17.0 Å². The molecule has 0 saturated carbocycles. The second-order valence-corrected chi connectivity index (χ2v) is 5.71. The van der Waals surface area contributed by atoms with Gasteiger partial charge in [-0.05, 0) is 17.2 Å². The van der Waals surface area contributed by atoms with Crippen LogP contribution in [-0.2, 0) is 5.41 Å². The molecule has 0 amide bonds. The van der Waals surface area contributed by atoms with Crippen molar-refractivity contribution in [2.24, 2.45) is 0 Å². The smallest absolute Gasteiger partial charge is 0.0457 e. The molecule has 0 radical (unpaired) electrons. The molecule has 0 saturated heterocycles. The number of hydrogen-bond donors (Lipinski definition) is 1. The molecule has 1 nitrogen and oxygen atoms in total. The van der Waals surface area contributed by atoms with Crippen LogP contribution in [0, 0.1) is 0 Å². The Bertz CT molecular complexity index is 733. The van der Waals surface area contributed by atoms with Crippen LogP contribution in [0.3, 0.4) is 0 Å². The number of aromatic nitrogens is 1. The molecule has 3 rings (SSSR count). The highest BCUT2D eigenvalue weighted by Gasteiger charge is 2.20. The third kappa shape index (κ3) is 2.39. The zero-order chi connectivity index (χ0) is 14.0. The lowest BCUT2D eigenvalue weighted by Crippen LogP contribution is -2.12. The van der Waals surface area contributed by atoms with E-state index in [0.29, 0.717) is 0 Å². The van der Waals surface area contributed by atoms with Crippen LogP contribution >= 0.6 is 0 Å². The highest BCUT2D eigenvalue weighted by atomic mass is 14.7. The Morgan fingerprint density at radius 1 is 0.900 bits per heavy atom. The molecule has 0 aliphatic heterocycles. The van der Waals surface area contributed by atoms with E-state index in [-0.39, 0.29) is 5.41 Å². The number of allylic oxidation sites excluding steroid dienone is 1. The molecule has 0 bridgehead atoms. The maximum Gasteiger partial charge on any atom is 0.0457 e. The molecule has 3 aromatic rings. The third-order valence-electron chi connectivity index (χ3n) is 3.78. The number of rotatable bonds is 3. The van der Waals surface area contributed by atoms with E-state index in [1.165, 1.54) is 22.0 Å². The zero-order valence-corrected chi connectivity index (χ0v) is 11.9. The highest BCUT2D eigenvalue weighted by Crippen LogP contribution is 2.31. The topological polar surface area (TPSA) is 15.8 Å². The van der Waals surface area contributed by atoms with E-state index in [9.17, 15) is 0 Å². The molecule has 0 unspecified atom stereocenters. The number of benzene rings is 2. The molecule has 2 aromatic carbocycles. The molecule has 1 heteroatoms. The Labute approximate surface area is 120 Å². The molecule has 0 spiro atoms. The minimum absolute atomic E-state index is 0.00452. The Balaban J connectivity index is 1.97. The van der Waals surface area contributed by atoms with E-state index >= 15 is 0 Å². The van der Waals surface area contributed by atoms with Crippen LogP contribution in [0.4, 0.5) is 0 Å². The lowest BCUT2D eigenvalue weighted by Gasteiger charge is -2.20. The quantitative estimate of drug-likeness (QED) is 0.670. The minimum atomic E-state index is -0.00452. The van der Waals surface area contributed by atoms with Crippen LogP contribution in [0.1, 0.15) is 25.0 Å². The molecule has 1 aromatic heterocycles. The number of aromatic amines is 1. The number of hydrogen-bond acceptors (Lipinski definition) is 0. The van der Waals surface area contributed by atoms with Crippen molar-refractivity contribution < 1.29 is 0 Å². The first-order valence-corrected chi connectivity index (χ1v) is 6.98. The summed E-state index contributed by atoms with van der Waals surface area (Å²) < 4.78 is 0. The van der Waals surface area contributed by atoms with Crippen LogP contribution in [-0.4, -0.2) is 4.98 Å². The fourth-order valence-electron chi connectivity index (χ4n) is 2.56. The van der Waals surface area contributed by atoms with E-state index in [1.807, 2.05) is 6.07 Å². The SMILES string of the molecule is CC(C)(/C=C/c1ccccc1)c1c[nH]c2ccccc12. The Morgan fingerprint density at radius 3 is 2.40 bits per heavy atom. The molecule has 0 aliphatic carbocycles. The second kappa shape index (κ2) is 5.01. The number of H-pyrrole nitrogens is 1. The van der Waals surface area contributed by atoms with Crippen LogP contribution in [0.25, 0.3) is 17.0 Å². The third-order valence-corrected chi connectivity index (χ3v) is 3.78.